The standard InChI is InChI=1S/C34H30N4O.2ClH.Zr/c1-23(35-2)30-27(24-12-6-3-7-13-24)18-20-36-32(30)33-31(28(19-21-37-33)25-14-8-4-9-15-25)34-38-29(22-39-34)26-16-10-5-11-17-26;;;/h3-21,23,29,34H,22H2,1-2H3;2*1H;/q-2;;;+4/p-2. The Balaban J connectivity index is 0.00000113. The predicted molar refractivity (Wildman–Crippen MR) is 169 cm³/mol. The van der Waals surface area contributed by atoms with Crippen LogP contribution in [-0.2, 0) is 25.6 Å². The summed E-state index contributed by atoms with van der Waals surface area (Å²) < 4.78 is 6.41. The molecule has 0 N–H and O–H groups in total. The number of ether oxygens (including phenoxy) is 1. The van der Waals surface area contributed by atoms with E-state index in [9.17, 15) is 0 Å². The van der Waals surface area contributed by atoms with E-state index in [0.29, 0.717) is 6.61 Å². The van der Waals surface area contributed by atoms with Crippen molar-refractivity contribution in [3.8, 4) is 33.6 Å². The SMILES string of the molecule is C[N-]C(C)c1c(-c2ccccc2)ccnc1-c1nccc(-c2ccccc2)c1C1[N-]C(c2ccccc2)CO1.[Cl][Zr+2][Cl]. The molecule has 0 amide bonds. The molecule has 210 valence electrons. The first-order valence-corrected chi connectivity index (χ1v) is 20.0. The molecule has 5 nitrogen and oxygen atoms in total. The predicted octanol–water partition coefficient (Wildman–Crippen LogP) is 10.1. The minimum atomic E-state index is -0.826. The van der Waals surface area contributed by atoms with Gasteiger partial charge < -0.3 is 15.4 Å². The van der Waals surface area contributed by atoms with E-state index in [-0.39, 0.29) is 12.1 Å². The first-order valence-electron chi connectivity index (χ1n) is 13.7. The second-order valence-electron chi connectivity index (χ2n) is 9.74. The molecular formula is C34H30Cl2N4OZr. The van der Waals surface area contributed by atoms with Gasteiger partial charge in [0.2, 0.25) is 0 Å². The molecule has 3 aromatic carbocycles. The summed E-state index contributed by atoms with van der Waals surface area (Å²) in [7, 11) is 11.7. The van der Waals surface area contributed by atoms with E-state index in [1.807, 2.05) is 49.8 Å². The molecule has 1 aliphatic heterocycles. The molecule has 1 saturated heterocycles. The third-order valence-electron chi connectivity index (χ3n) is 7.34. The van der Waals surface area contributed by atoms with Gasteiger partial charge in [-0.25, -0.2) is 0 Å². The average molecular weight is 673 g/mol. The van der Waals surface area contributed by atoms with Crippen LogP contribution in [0.4, 0.5) is 0 Å². The fraction of sp³-hybridized carbons (Fsp3) is 0.176. The number of hydrogen-bond donors (Lipinski definition) is 0. The molecule has 3 atom stereocenters. The molecule has 0 spiro atoms. The van der Waals surface area contributed by atoms with Gasteiger partial charge in [-0.15, -0.1) is 6.04 Å². The molecule has 8 heteroatoms. The molecule has 3 unspecified atom stereocenters. The summed E-state index contributed by atoms with van der Waals surface area (Å²) in [6.07, 6.45) is 3.25. The van der Waals surface area contributed by atoms with E-state index < -0.39 is 27.1 Å². The second kappa shape index (κ2) is 15.2. The Morgan fingerprint density at radius 2 is 1.31 bits per heavy atom. The van der Waals surface area contributed by atoms with Crippen molar-refractivity contribution in [1.82, 2.24) is 9.97 Å². The number of halogens is 2. The third-order valence-corrected chi connectivity index (χ3v) is 7.34. The maximum atomic E-state index is 6.41. The van der Waals surface area contributed by atoms with Crippen molar-refractivity contribution in [3.63, 3.8) is 0 Å². The van der Waals surface area contributed by atoms with Crippen LogP contribution in [0.25, 0.3) is 44.3 Å². The molecule has 5 aromatic rings. The number of pyridine rings is 2. The van der Waals surface area contributed by atoms with Crippen molar-refractivity contribution in [1.29, 1.82) is 0 Å². The molecule has 42 heavy (non-hydrogen) atoms. The van der Waals surface area contributed by atoms with E-state index in [4.69, 9.17) is 37.0 Å². The van der Waals surface area contributed by atoms with Gasteiger partial charge in [0.05, 0.1) is 11.4 Å². The van der Waals surface area contributed by atoms with Crippen molar-refractivity contribution < 1.29 is 25.6 Å². The summed E-state index contributed by atoms with van der Waals surface area (Å²) in [6.45, 7) is 2.62. The topological polar surface area (TPSA) is 63.2 Å². The Morgan fingerprint density at radius 1 is 0.786 bits per heavy atom. The number of benzene rings is 3. The van der Waals surface area contributed by atoms with Gasteiger partial charge >= 0.3 is 37.9 Å². The second-order valence-corrected chi connectivity index (χ2v) is 13.5. The molecule has 1 fully saturated rings. The summed E-state index contributed by atoms with van der Waals surface area (Å²) in [5.74, 6) is 0. The average Bonchev–Trinajstić information content (AvgIpc) is 3.55. The Bertz CT molecular complexity index is 1580. The molecule has 0 aliphatic carbocycles. The van der Waals surface area contributed by atoms with Crippen molar-refractivity contribution in [3.05, 3.63) is 143 Å². The fourth-order valence-electron chi connectivity index (χ4n) is 5.31. The van der Waals surface area contributed by atoms with Gasteiger partial charge in [-0.3, -0.25) is 9.97 Å². The van der Waals surface area contributed by atoms with E-state index in [2.05, 4.69) is 85.0 Å². The molecule has 3 heterocycles. The van der Waals surface area contributed by atoms with Crippen LogP contribution >= 0.6 is 17.0 Å². The quantitative estimate of drug-likeness (QED) is 0.173. The molecule has 2 aromatic heterocycles. The Morgan fingerprint density at radius 3 is 1.90 bits per heavy atom. The van der Waals surface area contributed by atoms with E-state index in [1.165, 1.54) is 0 Å². The number of hydrogen-bond acceptors (Lipinski definition) is 3. The molecular weight excluding hydrogens is 643 g/mol. The molecule has 1 aliphatic rings. The normalized spacial score (nSPS) is 16.7. The number of aromatic nitrogens is 2. The number of nitrogens with zero attached hydrogens (tertiary/aromatic N) is 4. The number of rotatable bonds is 7. The van der Waals surface area contributed by atoms with Gasteiger partial charge in [0.15, 0.2) is 0 Å². The van der Waals surface area contributed by atoms with Gasteiger partial charge in [-0.05, 0) is 51.7 Å². The van der Waals surface area contributed by atoms with E-state index in [1.54, 1.807) is 0 Å². The zero-order valence-corrected chi connectivity index (χ0v) is 27.3. The van der Waals surface area contributed by atoms with Crippen LogP contribution < -0.4 is 0 Å². The van der Waals surface area contributed by atoms with Gasteiger partial charge in [-0.2, -0.15) is 7.05 Å². The van der Waals surface area contributed by atoms with Gasteiger partial charge in [0, 0.05) is 19.0 Å². The van der Waals surface area contributed by atoms with Crippen molar-refractivity contribution in [2.75, 3.05) is 13.7 Å². The van der Waals surface area contributed by atoms with Crippen LogP contribution in [0.1, 0.15) is 41.9 Å². The van der Waals surface area contributed by atoms with E-state index in [0.717, 1.165) is 50.3 Å². The van der Waals surface area contributed by atoms with Crippen LogP contribution in [0, 0.1) is 0 Å². The van der Waals surface area contributed by atoms with Gasteiger partial charge in [0.1, 0.15) is 0 Å². The Kier molecular flexibility index (Phi) is 11.1. The molecule has 6 rings (SSSR count). The maximum absolute atomic E-state index is 6.41. The van der Waals surface area contributed by atoms with Crippen LogP contribution in [0.5, 0.6) is 0 Å². The van der Waals surface area contributed by atoms with Crippen LogP contribution in [0.3, 0.4) is 0 Å². The van der Waals surface area contributed by atoms with Crippen LogP contribution in [-0.4, -0.2) is 23.6 Å². The first kappa shape index (κ1) is 30.8. The van der Waals surface area contributed by atoms with Gasteiger partial charge in [0.25, 0.3) is 0 Å². The summed E-state index contributed by atoms with van der Waals surface area (Å²) in [5, 5.41) is 9.83. The Hall–Kier alpha value is -2.70. The molecule has 0 saturated carbocycles. The molecule has 0 bridgehead atoms. The van der Waals surface area contributed by atoms with Crippen molar-refractivity contribution in [2.24, 2.45) is 0 Å². The Labute approximate surface area is 266 Å². The van der Waals surface area contributed by atoms with Crippen LogP contribution in [0.2, 0.25) is 0 Å². The monoisotopic (exact) mass is 670 g/mol. The fourth-order valence-corrected chi connectivity index (χ4v) is 5.31. The van der Waals surface area contributed by atoms with Crippen LogP contribution in [0.15, 0.2) is 116 Å². The summed E-state index contributed by atoms with van der Waals surface area (Å²) in [5.41, 5.74) is 9.07. The van der Waals surface area contributed by atoms with Crippen molar-refractivity contribution in [2.45, 2.75) is 25.2 Å². The third kappa shape index (κ3) is 6.92. The minimum absolute atomic E-state index is 0.0412. The zero-order valence-electron chi connectivity index (χ0n) is 23.4. The zero-order chi connectivity index (χ0) is 29.3. The van der Waals surface area contributed by atoms with Gasteiger partial charge in [-0.1, -0.05) is 110 Å². The summed E-state index contributed by atoms with van der Waals surface area (Å²) in [4.78, 5) is 9.87. The summed E-state index contributed by atoms with van der Waals surface area (Å²) >= 11 is -0.826. The first-order chi connectivity index (χ1) is 20.7. The van der Waals surface area contributed by atoms with Crippen molar-refractivity contribution >= 4 is 17.0 Å². The summed E-state index contributed by atoms with van der Waals surface area (Å²) in [6, 6.07) is 35.1. The molecule has 0 radical (unpaired) electrons. The van der Waals surface area contributed by atoms with E-state index >= 15 is 0 Å².